The smallest absolute Gasteiger partial charge is 0.410 e. The first kappa shape index (κ1) is 15.6. The molecule has 1 aromatic carbocycles. The molecule has 1 unspecified atom stereocenters. The summed E-state index contributed by atoms with van der Waals surface area (Å²) in [6.45, 7) is 8.90. The van der Waals surface area contributed by atoms with Gasteiger partial charge in [0.15, 0.2) is 0 Å². The van der Waals surface area contributed by atoms with Crippen LogP contribution in [0.2, 0.25) is 0 Å². The van der Waals surface area contributed by atoms with Gasteiger partial charge >= 0.3 is 6.09 Å². The third kappa shape index (κ3) is 2.73. The number of hydrogen-bond donors (Lipinski definition) is 0. The minimum absolute atomic E-state index is 0.143. The summed E-state index contributed by atoms with van der Waals surface area (Å²) >= 11 is 0. The number of imidazole rings is 1. The Labute approximate surface area is 136 Å². The van der Waals surface area contributed by atoms with E-state index in [9.17, 15) is 4.79 Å². The molecular weight excluding hydrogens is 294 g/mol. The van der Waals surface area contributed by atoms with Gasteiger partial charge in [-0.2, -0.15) is 0 Å². The van der Waals surface area contributed by atoms with E-state index in [1.54, 1.807) is 12.0 Å². The molecule has 23 heavy (non-hydrogen) atoms. The van der Waals surface area contributed by atoms with Crippen molar-refractivity contribution in [3.63, 3.8) is 0 Å². The zero-order valence-electron chi connectivity index (χ0n) is 14.3. The Morgan fingerprint density at radius 3 is 2.70 bits per heavy atom. The summed E-state index contributed by atoms with van der Waals surface area (Å²) in [5.74, 6) is 1.61. The summed E-state index contributed by atoms with van der Waals surface area (Å²) in [5.41, 5.74) is 1.37. The van der Waals surface area contributed by atoms with Crippen LogP contribution in [0.3, 0.4) is 0 Å². The van der Waals surface area contributed by atoms with Crippen LogP contribution < -0.4 is 4.74 Å². The molecule has 1 aliphatic rings. The SMILES string of the molecule is COc1cccc2c1nc1n2CCN(C(=O)OC(C)(C)C)C1C. The number of rotatable bonds is 1. The summed E-state index contributed by atoms with van der Waals surface area (Å²) in [4.78, 5) is 18.9. The van der Waals surface area contributed by atoms with Gasteiger partial charge in [-0.3, -0.25) is 4.90 Å². The highest BCUT2D eigenvalue weighted by atomic mass is 16.6. The summed E-state index contributed by atoms with van der Waals surface area (Å²) < 4.78 is 13.1. The highest BCUT2D eigenvalue weighted by molar-refractivity contribution is 5.83. The third-order valence-electron chi connectivity index (χ3n) is 4.03. The molecule has 0 aliphatic carbocycles. The fourth-order valence-electron chi connectivity index (χ4n) is 2.97. The molecule has 2 aromatic rings. The second kappa shape index (κ2) is 5.44. The van der Waals surface area contributed by atoms with Crippen molar-refractivity contribution in [3.05, 3.63) is 24.0 Å². The number of hydrogen-bond acceptors (Lipinski definition) is 4. The molecule has 3 rings (SSSR count). The number of fused-ring (bicyclic) bond motifs is 3. The average molecular weight is 317 g/mol. The van der Waals surface area contributed by atoms with E-state index in [1.807, 2.05) is 45.9 Å². The van der Waals surface area contributed by atoms with Gasteiger partial charge in [-0.1, -0.05) is 6.07 Å². The number of benzene rings is 1. The molecule has 0 bridgehead atoms. The van der Waals surface area contributed by atoms with Crippen molar-refractivity contribution in [1.29, 1.82) is 0 Å². The number of carbonyl (C=O) groups excluding carboxylic acids is 1. The van der Waals surface area contributed by atoms with E-state index in [0.717, 1.165) is 22.6 Å². The number of para-hydroxylation sites is 1. The molecule has 0 radical (unpaired) electrons. The molecule has 0 spiro atoms. The Hall–Kier alpha value is -2.24. The van der Waals surface area contributed by atoms with Crippen molar-refractivity contribution >= 4 is 17.1 Å². The van der Waals surface area contributed by atoms with Crippen molar-refractivity contribution in [1.82, 2.24) is 14.5 Å². The van der Waals surface area contributed by atoms with Crippen molar-refractivity contribution in [2.75, 3.05) is 13.7 Å². The van der Waals surface area contributed by atoms with Crippen LogP contribution in [0.25, 0.3) is 11.0 Å². The van der Waals surface area contributed by atoms with E-state index in [1.165, 1.54) is 0 Å². The highest BCUT2D eigenvalue weighted by Crippen LogP contribution is 2.33. The van der Waals surface area contributed by atoms with Crippen LogP contribution in [0.4, 0.5) is 4.79 Å². The minimum Gasteiger partial charge on any atom is -0.494 e. The summed E-state index contributed by atoms with van der Waals surface area (Å²) in [7, 11) is 1.64. The normalized spacial score (nSPS) is 18.0. The Morgan fingerprint density at radius 1 is 1.30 bits per heavy atom. The third-order valence-corrected chi connectivity index (χ3v) is 4.03. The molecule has 6 heteroatoms. The van der Waals surface area contributed by atoms with Crippen molar-refractivity contribution in [2.24, 2.45) is 0 Å². The van der Waals surface area contributed by atoms with Crippen LogP contribution in [-0.2, 0) is 11.3 Å². The van der Waals surface area contributed by atoms with Crippen LogP contribution in [0.1, 0.15) is 39.6 Å². The molecule has 0 fully saturated rings. The van der Waals surface area contributed by atoms with Gasteiger partial charge in [0.25, 0.3) is 0 Å². The Kier molecular flexibility index (Phi) is 3.70. The lowest BCUT2D eigenvalue weighted by atomic mass is 10.2. The molecule has 6 nitrogen and oxygen atoms in total. The van der Waals surface area contributed by atoms with Gasteiger partial charge in [0, 0.05) is 13.1 Å². The molecule has 2 heterocycles. The Balaban J connectivity index is 1.97. The Morgan fingerprint density at radius 2 is 2.04 bits per heavy atom. The molecule has 1 aliphatic heterocycles. The summed E-state index contributed by atoms with van der Waals surface area (Å²) in [6, 6.07) is 5.75. The lowest BCUT2D eigenvalue weighted by Crippen LogP contribution is -2.43. The summed E-state index contributed by atoms with van der Waals surface area (Å²) in [5, 5.41) is 0. The van der Waals surface area contributed by atoms with Crippen molar-refractivity contribution < 1.29 is 14.3 Å². The number of nitrogens with zero attached hydrogens (tertiary/aromatic N) is 3. The maximum atomic E-state index is 12.4. The molecule has 0 saturated heterocycles. The minimum atomic E-state index is -0.502. The zero-order valence-corrected chi connectivity index (χ0v) is 14.3. The van der Waals surface area contributed by atoms with Crippen LogP contribution >= 0.6 is 0 Å². The quantitative estimate of drug-likeness (QED) is 0.809. The largest absolute Gasteiger partial charge is 0.494 e. The maximum absolute atomic E-state index is 12.4. The van der Waals surface area contributed by atoms with Gasteiger partial charge in [0.2, 0.25) is 0 Å². The molecule has 1 atom stereocenters. The predicted octanol–water partition coefficient (Wildman–Crippen LogP) is 3.36. The van der Waals surface area contributed by atoms with Crippen LogP contribution in [0, 0.1) is 0 Å². The highest BCUT2D eigenvalue weighted by Gasteiger charge is 2.33. The number of aromatic nitrogens is 2. The van der Waals surface area contributed by atoms with Gasteiger partial charge in [0.1, 0.15) is 22.7 Å². The zero-order chi connectivity index (χ0) is 16.8. The number of methoxy groups -OCH3 is 1. The van der Waals surface area contributed by atoms with E-state index < -0.39 is 5.60 Å². The fraction of sp³-hybridized carbons (Fsp3) is 0.529. The second-order valence-corrected chi connectivity index (χ2v) is 6.80. The standard InChI is InChI=1S/C17H23N3O3/c1-11-15-18-14-12(7-6-8-13(14)22-5)20(15)10-9-19(11)16(21)23-17(2,3)4/h6-8,11H,9-10H2,1-5H3. The predicted molar refractivity (Wildman–Crippen MR) is 87.6 cm³/mol. The van der Waals surface area contributed by atoms with E-state index in [4.69, 9.17) is 14.5 Å². The average Bonchev–Trinajstić information content (AvgIpc) is 2.85. The lowest BCUT2D eigenvalue weighted by Gasteiger charge is -2.35. The molecule has 0 saturated carbocycles. The van der Waals surface area contributed by atoms with Crippen LogP contribution in [0.15, 0.2) is 18.2 Å². The Bertz CT molecular complexity index is 745. The molecule has 0 N–H and O–H groups in total. The van der Waals surface area contributed by atoms with Gasteiger partial charge < -0.3 is 14.0 Å². The fourth-order valence-corrected chi connectivity index (χ4v) is 2.97. The van der Waals surface area contributed by atoms with E-state index in [-0.39, 0.29) is 12.1 Å². The molecule has 1 aromatic heterocycles. The van der Waals surface area contributed by atoms with Gasteiger partial charge in [-0.05, 0) is 39.8 Å². The first-order valence-electron chi connectivity index (χ1n) is 7.84. The molecule has 124 valence electrons. The second-order valence-electron chi connectivity index (χ2n) is 6.80. The van der Waals surface area contributed by atoms with Gasteiger partial charge in [0.05, 0.1) is 18.7 Å². The first-order valence-corrected chi connectivity index (χ1v) is 7.84. The molecule has 1 amide bonds. The van der Waals surface area contributed by atoms with Crippen LogP contribution in [0.5, 0.6) is 5.75 Å². The topological polar surface area (TPSA) is 56.6 Å². The number of amides is 1. The van der Waals surface area contributed by atoms with Crippen LogP contribution in [-0.4, -0.2) is 39.8 Å². The van der Waals surface area contributed by atoms with Crippen molar-refractivity contribution in [2.45, 2.75) is 45.9 Å². The monoisotopic (exact) mass is 317 g/mol. The van der Waals surface area contributed by atoms with Gasteiger partial charge in [-0.25, -0.2) is 9.78 Å². The van der Waals surface area contributed by atoms with E-state index in [2.05, 4.69) is 4.57 Å². The van der Waals surface area contributed by atoms with Gasteiger partial charge in [-0.15, -0.1) is 0 Å². The van der Waals surface area contributed by atoms with Crippen molar-refractivity contribution in [3.8, 4) is 5.75 Å². The number of ether oxygens (including phenoxy) is 2. The molecular formula is C17H23N3O3. The maximum Gasteiger partial charge on any atom is 0.410 e. The van der Waals surface area contributed by atoms with E-state index in [0.29, 0.717) is 13.1 Å². The number of carbonyl (C=O) groups is 1. The van der Waals surface area contributed by atoms with E-state index >= 15 is 0 Å². The first-order chi connectivity index (χ1) is 10.8. The summed E-state index contributed by atoms with van der Waals surface area (Å²) in [6.07, 6.45) is -0.296. The lowest BCUT2D eigenvalue weighted by molar-refractivity contribution is 0.0123.